The molecule has 0 spiro atoms. The number of aliphatic hydroxyl groups is 2. The zero-order valence-corrected chi connectivity index (χ0v) is 24.5. The largest absolute Gasteiger partial charge is 0.465 e. The Balaban J connectivity index is 2.38. The van der Waals surface area contributed by atoms with E-state index in [4.69, 9.17) is 14.2 Å². The van der Waals surface area contributed by atoms with Gasteiger partial charge in [-0.15, -0.1) is 0 Å². The average molecular weight is 602 g/mol. The fraction of sp³-hybridized carbons (Fsp3) is 0.640. The molecule has 6 atom stereocenters. The van der Waals surface area contributed by atoms with E-state index in [1.807, 2.05) is 18.8 Å². The first-order chi connectivity index (χ1) is 19.3. The average Bonchev–Trinajstić information content (AvgIpc) is 3.17. The van der Waals surface area contributed by atoms with Gasteiger partial charge in [-0.05, 0) is 39.5 Å². The summed E-state index contributed by atoms with van der Waals surface area (Å²) in [5.41, 5.74) is -3.72. The van der Waals surface area contributed by atoms with Crippen molar-refractivity contribution in [3.8, 4) is 0 Å². The first-order valence-corrected chi connectivity index (χ1v) is 15.1. The maximum absolute atomic E-state index is 14.1. The summed E-state index contributed by atoms with van der Waals surface area (Å²) >= 11 is 0. The molecule has 5 N–H and O–H groups in total. The number of aromatic amines is 1. The Morgan fingerprint density at radius 2 is 1.71 bits per heavy atom. The van der Waals surface area contributed by atoms with Crippen LogP contribution in [0.15, 0.2) is 38.7 Å². The van der Waals surface area contributed by atoms with E-state index in [1.54, 1.807) is 0 Å². The first-order valence-electron chi connectivity index (χ1n) is 13.3. The molecular weight excluding hydrogens is 561 g/mol. The van der Waals surface area contributed by atoms with Crippen LogP contribution in [-0.2, 0) is 28.4 Å². The summed E-state index contributed by atoms with van der Waals surface area (Å²) in [6, 6.07) is -1.18. The highest BCUT2D eigenvalue weighted by Crippen LogP contribution is 2.44. The molecule has 2 heterocycles. The third-order valence-electron chi connectivity index (χ3n) is 6.21. The Bertz CT molecular complexity index is 1220. The number of aromatic nitrogens is 2. The van der Waals surface area contributed by atoms with Gasteiger partial charge in [0.1, 0.15) is 24.3 Å². The van der Waals surface area contributed by atoms with Gasteiger partial charge < -0.3 is 24.4 Å². The molecule has 41 heavy (non-hydrogen) atoms. The molecular formula is C25H40N5O10P. The Hall–Kier alpha value is -2.94. The number of ether oxygens (including phenoxy) is 3. The molecule has 0 amide bonds. The summed E-state index contributed by atoms with van der Waals surface area (Å²) in [5, 5.41) is 26.8. The van der Waals surface area contributed by atoms with Crippen LogP contribution >= 0.6 is 7.44 Å². The van der Waals surface area contributed by atoms with E-state index in [0.29, 0.717) is 12.8 Å². The Morgan fingerprint density at radius 1 is 1.17 bits per heavy atom. The minimum absolute atomic E-state index is 0.169. The van der Waals surface area contributed by atoms with E-state index < -0.39 is 66.9 Å². The van der Waals surface area contributed by atoms with Crippen molar-refractivity contribution in [2.45, 2.75) is 89.6 Å². The van der Waals surface area contributed by atoms with Crippen molar-refractivity contribution in [3.63, 3.8) is 0 Å². The van der Waals surface area contributed by atoms with Crippen LogP contribution in [0.3, 0.4) is 0 Å². The quantitative estimate of drug-likeness (QED) is 0.0760. The molecule has 0 saturated carbocycles. The summed E-state index contributed by atoms with van der Waals surface area (Å²) in [7, 11) is -4.04. The van der Waals surface area contributed by atoms with Crippen LogP contribution in [0.25, 0.3) is 0 Å². The second-order valence-corrected chi connectivity index (χ2v) is 11.7. The van der Waals surface area contributed by atoms with Crippen LogP contribution in [0.1, 0.15) is 59.6 Å². The van der Waals surface area contributed by atoms with E-state index in [0.717, 1.165) is 41.6 Å². The molecule has 230 valence electrons. The van der Waals surface area contributed by atoms with Crippen LogP contribution in [-0.4, -0.2) is 81.7 Å². The number of carbonyl (C=O) groups is 2. The fourth-order valence-electron chi connectivity index (χ4n) is 3.80. The van der Waals surface area contributed by atoms with Crippen molar-refractivity contribution in [2.24, 2.45) is 4.99 Å². The molecule has 0 aliphatic carbocycles. The van der Waals surface area contributed by atoms with Crippen molar-refractivity contribution in [1.82, 2.24) is 19.7 Å². The highest BCUT2D eigenvalue weighted by atomic mass is 31.2. The number of hydrogen-bond donors (Lipinski definition) is 5. The topological polar surface area (TPSA) is 211 Å². The number of rotatable bonds is 16. The zero-order chi connectivity index (χ0) is 30.8. The third kappa shape index (κ3) is 9.02. The lowest BCUT2D eigenvalue weighted by molar-refractivity contribution is -0.145. The lowest BCUT2D eigenvalue weighted by Gasteiger charge is -2.27. The van der Waals surface area contributed by atoms with E-state index in [1.165, 1.54) is 13.8 Å². The first kappa shape index (κ1) is 34.3. The van der Waals surface area contributed by atoms with Crippen LogP contribution < -0.4 is 21.4 Å². The molecule has 0 aromatic carbocycles. The number of aliphatic hydroxyl groups excluding tert-OH is 2. The molecule has 0 bridgehead atoms. The van der Waals surface area contributed by atoms with E-state index in [9.17, 15) is 34.0 Å². The predicted molar refractivity (Wildman–Crippen MR) is 149 cm³/mol. The second-order valence-electron chi connectivity index (χ2n) is 9.59. The molecule has 1 aliphatic heterocycles. The van der Waals surface area contributed by atoms with Crippen molar-refractivity contribution >= 4 is 26.1 Å². The van der Waals surface area contributed by atoms with Gasteiger partial charge in [-0.1, -0.05) is 26.7 Å². The molecule has 1 fully saturated rings. The molecule has 1 aromatic rings. The molecule has 0 unspecified atom stereocenters. The summed E-state index contributed by atoms with van der Waals surface area (Å²) in [5.74, 6) is -0.358. The van der Waals surface area contributed by atoms with Gasteiger partial charge in [0.15, 0.2) is 6.23 Å². The zero-order valence-electron chi connectivity index (χ0n) is 23.6. The minimum atomic E-state index is -4.04. The van der Waals surface area contributed by atoms with Crippen LogP contribution in [0, 0.1) is 0 Å². The van der Waals surface area contributed by atoms with Crippen molar-refractivity contribution in [3.05, 3.63) is 45.0 Å². The number of carbonyl (C=O) groups excluding carboxylic acids is 2. The van der Waals surface area contributed by atoms with Gasteiger partial charge in [-0.2, -0.15) is 0 Å². The Labute approximate surface area is 237 Å². The van der Waals surface area contributed by atoms with E-state index in [2.05, 4.69) is 21.9 Å². The molecule has 0 radical (unpaired) electrons. The van der Waals surface area contributed by atoms with Gasteiger partial charge >= 0.3 is 17.6 Å². The van der Waals surface area contributed by atoms with Crippen LogP contribution in [0.2, 0.25) is 0 Å². The molecule has 1 aromatic heterocycles. The fourth-order valence-corrected chi connectivity index (χ4v) is 5.84. The Kier molecular flexibility index (Phi) is 12.8. The normalized spacial score (nSPS) is 24.2. The second kappa shape index (κ2) is 15.3. The minimum Gasteiger partial charge on any atom is -0.465 e. The summed E-state index contributed by atoms with van der Waals surface area (Å²) in [4.78, 5) is 54.5. The predicted octanol–water partition coefficient (Wildman–Crippen LogP) is 0.534. The summed E-state index contributed by atoms with van der Waals surface area (Å²) < 4.78 is 31.0. The maximum atomic E-state index is 14.1. The van der Waals surface area contributed by atoms with Gasteiger partial charge in [-0.25, -0.2) is 15.0 Å². The standard InChI is InChI=1S/C25H40N5O10P/c1-6-8-13-38-22(34)16(3)28-41(37,29-17(4)23(35)39-14-9-7-2)15-11-25(26-5)20(33)19(32)21(40-25)30-12-10-18(31)27-24(30)36/h10-12,15-17,19-21,32-33H,5-9,13-14H2,1-4H3,(H,27,31,36)(H2,28,29,37)/b15-11+/t16-,17-,19+,20-,21+,25+/m0/s1. The monoisotopic (exact) mass is 601 g/mol. The number of unbranched alkanes of at least 4 members (excludes halogenated alkanes) is 2. The van der Waals surface area contributed by atoms with Crippen molar-refractivity contribution in [2.75, 3.05) is 13.2 Å². The van der Waals surface area contributed by atoms with Gasteiger partial charge in [-0.3, -0.25) is 33.5 Å². The molecule has 1 aliphatic rings. The number of nitrogens with zero attached hydrogens (tertiary/aromatic N) is 2. The number of nitrogens with one attached hydrogen (secondary N) is 3. The molecule has 15 nitrogen and oxygen atoms in total. The number of aliphatic imine (C=N–C) groups is 1. The van der Waals surface area contributed by atoms with Crippen LogP contribution in [0.5, 0.6) is 0 Å². The van der Waals surface area contributed by atoms with E-state index >= 15 is 0 Å². The summed E-state index contributed by atoms with van der Waals surface area (Å²) in [6.07, 6.45) is -0.0652. The number of esters is 2. The summed E-state index contributed by atoms with van der Waals surface area (Å²) in [6.45, 7) is 10.4. The molecule has 2 rings (SSSR count). The highest BCUT2D eigenvalue weighted by Gasteiger charge is 2.54. The van der Waals surface area contributed by atoms with Gasteiger partial charge in [0.05, 0.1) is 13.2 Å². The van der Waals surface area contributed by atoms with E-state index in [-0.39, 0.29) is 13.2 Å². The van der Waals surface area contributed by atoms with Gasteiger partial charge in [0.2, 0.25) is 13.2 Å². The number of H-pyrrole nitrogens is 1. The van der Waals surface area contributed by atoms with Crippen LogP contribution in [0.4, 0.5) is 0 Å². The van der Waals surface area contributed by atoms with Gasteiger partial charge in [0, 0.05) is 18.1 Å². The van der Waals surface area contributed by atoms with Crippen molar-refractivity contribution in [1.29, 1.82) is 0 Å². The third-order valence-corrected chi connectivity index (χ3v) is 8.32. The van der Waals surface area contributed by atoms with Gasteiger partial charge in [0.25, 0.3) is 5.56 Å². The SMILES string of the molecule is C=N[C@]1(/C=C/P(=O)(N[C@@H](C)C(=O)OCCCC)N[C@@H](C)C(=O)OCCCC)O[C@@H](n2ccc(=O)[nH]c2=O)[C@H](O)[C@@H]1O. The molecule has 16 heteroatoms. The maximum Gasteiger partial charge on any atom is 0.330 e. The van der Waals surface area contributed by atoms with Crippen molar-refractivity contribution < 1.29 is 38.6 Å². The smallest absolute Gasteiger partial charge is 0.330 e. The Morgan fingerprint density at radius 3 is 2.17 bits per heavy atom. The lowest BCUT2D eigenvalue weighted by atomic mass is 10.1. The highest BCUT2D eigenvalue weighted by molar-refractivity contribution is 7.63. The number of hydrogen-bond acceptors (Lipinski definition) is 11. The molecule has 1 saturated heterocycles. The lowest BCUT2D eigenvalue weighted by Crippen LogP contribution is -2.42.